The normalized spacial score (nSPS) is 11.7. The Labute approximate surface area is 201 Å². The van der Waals surface area contributed by atoms with Gasteiger partial charge in [0.1, 0.15) is 18.6 Å². The van der Waals surface area contributed by atoms with Crippen molar-refractivity contribution < 1.29 is 33.4 Å². The Kier molecular flexibility index (Phi) is 20.8. The number of hydrogen-bond acceptors (Lipinski definition) is 9. The minimum atomic E-state index is -0.766. The third-order valence-electron chi connectivity index (χ3n) is 4.79. The van der Waals surface area contributed by atoms with Crippen LogP contribution in [0.25, 0.3) is 0 Å². The van der Waals surface area contributed by atoms with Crippen molar-refractivity contribution in [2.45, 2.75) is 45.1 Å². The van der Waals surface area contributed by atoms with E-state index in [2.05, 4.69) is 16.0 Å². The Balaban J connectivity index is 3.95. The fraction of sp³-hybridized carbons (Fsp3) is 0.773. The van der Waals surface area contributed by atoms with Crippen molar-refractivity contribution in [2.24, 2.45) is 5.73 Å². The lowest BCUT2D eigenvalue weighted by Gasteiger charge is -2.22. The number of carbonyl (C=O) groups is 5. The van der Waals surface area contributed by atoms with Crippen LogP contribution in [-0.2, 0) is 33.4 Å². The van der Waals surface area contributed by atoms with Crippen LogP contribution in [0.15, 0.2) is 0 Å². The van der Waals surface area contributed by atoms with Gasteiger partial charge in [-0.3, -0.25) is 19.3 Å². The van der Waals surface area contributed by atoms with Crippen LogP contribution in [0.1, 0.15) is 39.0 Å². The Bertz CT molecular complexity index is 592. The van der Waals surface area contributed by atoms with Gasteiger partial charge in [0, 0.05) is 32.5 Å². The standard InChI is InChI=1S/C22H41N5O7/c1-2-27(11-9-24-10-13-29)18-21(31)26-19(22(23)32)6-3-4-8-25-20(30)7-15-34-17-16-33-14-5-12-28/h12-13,19,24H,2-11,14-18H2,1H3,(H2,23,32)(H,25,30)(H,26,31). The number of amides is 3. The third-order valence-corrected chi connectivity index (χ3v) is 4.79. The van der Waals surface area contributed by atoms with Crippen LogP contribution in [0.4, 0.5) is 0 Å². The molecule has 0 bridgehead atoms. The van der Waals surface area contributed by atoms with Gasteiger partial charge in [0.05, 0.1) is 39.5 Å². The number of carbonyl (C=O) groups excluding carboxylic acids is 5. The number of ether oxygens (including phenoxy) is 2. The van der Waals surface area contributed by atoms with Crippen LogP contribution < -0.4 is 21.7 Å². The molecule has 0 saturated carbocycles. The quantitative estimate of drug-likeness (QED) is 0.0922. The lowest BCUT2D eigenvalue weighted by molar-refractivity contribution is -0.128. The third kappa shape index (κ3) is 19.1. The van der Waals surface area contributed by atoms with Crippen molar-refractivity contribution in [3.63, 3.8) is 0 Å². The second-order valence-electron chi connectivity index (χ2n) is 7.54. The van der Waals surface area contributed by atoms with Crippen molar-refractivity contribution in [3.05, 3.63) is 0 Å². The number of primary amides is 1. The highest BCUT2D eigenvalue weighted by Gasteiger charge is 2.19. The van der Waals surface area contributed by atoms with Gasteiger partial charge in [0.25, 0.3) is 0 Å². The van der Waals surface area contributed by atoms with Crippen molar-refractivity contribution in [1.29, 1.82) is 0 Å². The average molecular weight is 488 g/mol. The second-order valence-corrected chi connectivity index (χ2v) is 7.54. The van der Waals surface area contributed by atoms with Crippen molar-refractivity contribution in [2.75, 3.05) is 65.7 Å². The lowest BCUT2D eigenvalue weighted by atomic mass is 10.1. The summed E-state index contributed by atoms with van der Waals surface area (Å²) in [5, 5.41) is 8.39. The summed E-state index contributed by atoms with van der Waals surface area (Å²) in [4.78, 5) is 58.1. The van der Waals surface area contributed by atoms with Crippen LogP contribution in [0.5, 0.6) is 0 Å². The Morgan fingerprint density at radius 3 is 2.35 bits per heavy atom. The number of hydrogen-bond donors (Lipinski definition) is 4. The molecule has 0 aliphatic rings. The summed E-state index contributed by atoms with van der Waals surface area (Å²) in [5.41, 5.74) is 5.42. The first-order valence-electron chi connectivity index (χ1n) is 11.8. The van der Waals surface area contributed by atoms with Gasteiger partial charge in [-0.1, -0.05) is 6.92 Å². The number of nitrogens with zero attached hydrogens (tertiary/aromatic N) is 1. The molecule has 0 saturated heterocycles. The van der Waals surface area contributed by atoms with E-state index in [-0.39, 0.29) is 37.9 Å². The molecule has 0 spiro atoms. The molecule has 12 nitrogen and oxygen atoms in total. The van der Waals surface area contributed by atoms with Gasteiger partial charge in [0.2, 0.25) is 17.7 Å². The van der Waals surface area contributed by atoms with Gasteiger partial charge < -0.3 is 40.7 Å². The van der Waals surface area contributed by atoms with Gasteiger partial charge >= 0.3 is 0 Å². The van der Waals surface area contributed by atoms with Crippen LogP contribution in [0.3, 0.4) is 0 Å². The Morgan fingerprint density at radius 2 is 1.71 bits per heavy atom. The summed E-state index contributed by atoms with van der Waals surface area (Å²) in [6.45, 7) is 5.97. The van der Waals surface area contributed by atoms with Crippen LogP contribution >= 0.6 is 0 Å². The van der Waals surface area contributed by atoms with Crippen molar-refractivity contribution in [3.8, 4) is 0 Å². The Hall–Kier alpha value is -2.41. The summed E-state index contributed by atoms with van der Waals surface area (Å²) in [6, 6.07) is -0.766. The molecule has 196 valence electrons. The molecule has 3 amide bonds. The molecule has 12 heteroatoms. The lowest BCUT2D eigenvalue weighted by Crippen LogP contribution is -2.48. The van der Waals surface area contributed by atoms with Crippen LogP contribution in [0, 0.1) is 0 Å². The molecule has 5 N–H and O–H groups in total. The maximum Gasteiger partial charge on any atom is 0.240 e. The van der Waals surface area contributed by atoms with Crippen LogP contribution in [0.2, 0.25) is 0 Å². The summed E-state index contributed by atoms with van der Waals surface area (Å²) in [6.07, 6.45) is 3.78. The highest BCUT2D eigenvalue weighted by Crippen LogP contribution is 2.01. The molecule has 0 radical (unpaired) electrons. The van der Waals surface area contributed by atoms with E-state index in [1.807, 2.05) is 11.8 Å². The van der Waals surface area contributed by atoms with E-state index in [1.165, 1.54) is 0 Å². The number of unbranched alkanes of at least 4 members (excludes halogenated alkanes) is 1. The first-order valence-corrected chi connectivity index (χ1v) is 11.8. The molecule has 0 heterocycles. The van der Waals surface area contributed by atoms with Gasteiger partial charge in [0.15, 0.2) is 0 Å². The minimum Gasteiger partial charge on any atom is -0.379 e. The predicted octanol–water partition coefficient (Wildman–Crippen LogP) is -1.63. The molecule has 0 aromatic carbocycles. The van der Waals surface area contributed by atoms with E-state index >= 15 is 0 Å². The molecule has 0 aliphatic carbocycles. The van der Waals surface area contributed by atoms with Crippen molar-refractivity contribution in [1.82, 2.24) is 20.9 Å². The molecule has 0 aromatic rings. The average Bonchev–Trinajstić information content (AvgIpc) is 2.81. The number of nitrogens with two attached hydrogens (primary N) is 1. The molecular formula is C22H41N5O7. The molecule has 34 heavy (non-hydrogen) atoms. The summed E-state index contributed by atoms with van der Waals surface area (Å²) >= 11 is 0. The maximum absolute atomic E-state index is 12.3. The summed E-state index contributed by atoms with van der Waals surface area (Å²) in [7, 11) is 0. The van der Waals surface area contributed by atoms with E-state index in [0.29, 0.717) is 71.7 Å². The minimum absolute atomic E-state index is 0.131. The molecule has 0 aromatic heterocycles. The Morgan fingerprint density at radius 1 is 0.971 bits per heavy atom. The summed E-state index contributed by atoms with van der Waals surface area (Å²) < 4.78 is 10.4. The zero-order chi connectivity index (χ0) is 25.4. The van der Waals surface area contributed by atoms with E-state index in [0.717, 1.165) is 12.6 Å². The molecule has 1 unspecified atom stereocenters. The summed E-state index contributed by atoms with van der Waals surface area (Å²) in [5.74, 6) is -1.02. The van der Waals surface area contributed by atoms with Gasteiger partial charge in [-0.05, 0) is 25.8 Å². The maximum atomic E-state index is 12.3. The zero-order valence-electron chi connectivity index (χ0n) is 20.2. The molecule has 1 atom stereocenters. The zero-order valence-corrected chi connectivity index (χ0v) is 20.2. The fourth-order valence-corrected chi connectivity index (χ4v) is 2.88. The molecule has 0 rings (SSSR count). The van der Waals surface area contributed by atoms with Gasteiger partial charge in [-0.2, -0.15) is 0 Å². The number of likely N-dealkylation sites (N-methyl/N-ethyl adjacent to an activating group) is 1. The van der Waals surface area contributed by atoms with E-state index in [1.54, 1.807) is 0 Å². The van der Waals surface area contributed by atoms with Gasteiger partial charge in [-0.15, -0.1) is 0 Å². The van der Waals surface area contributed by atoms with E-state index < -0.39 is 11.9 Å². The van der Waals surface area contributed by atoms with E-state index in [4.69, 9.17) is 15.2 Å². The molecule has 0 aliphatic heterocycles. The monoisotopic (exact) mass is 487 g/mol. The second kappa shape index (κ2) is 22.4. The van der Waals surface area contributed by atoms with Gasteiger partial charge in [-0.25, -0.2) is 0 Å². The first kappa shape index (κ1) is 31.6. The molecule has 0 fully saturated rings. The SMILES string of the molecule is CCN(CCNCC=O)CC(=O)NC(CCCCNC(=O)CCOCCOCCC=O)C(N)=O. The largest absolute Gasteiger partial charge is 0.379 e. The van der Waals surface area contributed by atoms with Crippen molar-refractivity contribution >= 4 is 30.3 Å². The smallest absolute Gasteiger partial charge is 0.240 e. The van der Waals surface area contributed by atoms with Crippen LogP contribution in [-0.4, -0.2) is 107 Å². The highest BCUT2D eigenvalue weighted by molar-refractivity contribution is 5.87. The van der Waals surface area contributed by atoms with E-state index in [9.17, 15) is 24.0 Å². The predicted molar refractivity (Wildman–Crippen MR) is 126 cm³/mol. The topological polar surface area (TPSA) is 169 Å². The molecular weight excluding hydrogens is 446 g/mol. The first-order chi connectivity index (χ1) is 16.4. The number of rotatable bonds is 24. The number of aldehydes is 2. The highest BCUT2D eigenvalue weighted by atomic mass is 16.5. The number of nitrogens with one attached hydrogen (secondary N) is 3. The fourth-order valence-electron chi connectivity index (χ4n) is 2.88.